The molecule has 4 aliphatic carbocycles. The molecule has 0 aromatic carbocycles. The first-order valence-corrected chi connectivity index (χ1v) is 12.0. The van der Waals surface area contributed by atoms with E-state index >= 15 is 0 Å². The molecule has 0 aliphatic heterocycles. The molecule has 0 heterocycles. The van der Waals surface area contributed by atoms with Gasteiger partial charge in [-0.2, -0.15) is 0 Å². The number of ether oxygens (including phenoxy) is 1. The molecular weight excluding hydrogens is 419 g/mol. The molecule has 4 rings (SSSR count). The van der Waals surface area contributed by atoms with Gasteiger partial charge in [-0.1, -0.05) is 13.8 Å². The van der Waals surface area contributed by atoms with E-state index in [-0.39, 0.29) is 71.5 Å². The summed E-state index contributed by atoms with van der Waals surface area (Å²) in [6, 6.07) is 0. The van der Waals surface area contributed by atoms with Gasteiger partial charge in [0.15, 0.2) is 5.78 Å². The maximum Gasteiger partial charge on any atom is 1.00 e. The molecule has 7 atom stereocenters. The minimum atomic E-state index is -1.29. The number of rotatable bonds is 6. The molecule has 0 radical (unpaired) electrons. The average molecular weight is 455 g/mol. The van der Waals surface area contributed by atoms with Gasteiger partial charge in [-0.05, 0) is 85.9 Å². The van der Waals surface area contributed by atoms with Gasteiger partial charge in [0.2, 0.25) is 0 Å². The van der Waals surface area contributed by atoms with Crippen LogP contribution >= 0.6 is 0 Å². The molecule has 0 aromatic rings. The molecule has 0 amide bonds. The number of hydrogen-bond donors (Lipinski definition) is 0. The molecule has 0 spiro atoms. The first-order valence-electron chi connectivity index (χ1n) is 12.0. The van der Waals surface area contributed by atoms with Gasteiger partial charge in [0, 0.05) is 24.7 Å². The molecule has 32 heavy (non-hydrogen) atoms. The first kappa shape index (κ1) is 25.9. The monoisotopic (exact) mass is 454 g/mol. The molecule has 0 saturated heterocycles. The van der Waals surface area contributed by atoms with Crippen LogP contribution in [0.2, 0.25) is 0 Å². The van der Waals surface area contributed by atoms with E-state index in [1.807, 2.05) is 0 Å². The predicted octanol–water partition coefficient (Wildman–Crippen LogP) is -0.139. The van der Waals surface area contributed by atoms with Crippen LogP contribution in [-0.2, 0) is 23.9 Å². The van der Waals surface area contributed by atoms with E-state index in [9.17, 15) is 24.3 Å². The topological polar surface area (TPSA) is 101 Å². The Morgan fingerprint density at radius 2 is 1.69 bits per heavy atom. The van der Waals surface area contributed by atoms with Crippen LogP contribution in [0.4, 0.5) is 0 Å². The van der Waals surface area contributed by atoms with Crippen molar-refractivity contribution in [3.05, 3.63) is 0 Å². The number of aliphatic carboxylic acids is 1. The van der Waals surface area contributed by atoms with Crippen LogP contribution in [0.5, 0.6) is 0 Å². The largest absolute Gasteiger partial charge is 1.00 e. The van der Waals surface area contributed by atoms with Gasteiger partial charge in [-0.15, -0.1) is 0 Å². The van der Waals surface area contributed by atoms with E-state index in [1.54, 1.807) is 0 Å². The fourth-order valence-corrected chi connectivity index (χ4v) is 8.10. The van der Waals surface area contributed by atoms with Crippen molar-refractivity contribution >= 4 is 23.5 Å². The third-order valence-corrected chi connectivity index (χ3v) is 9.78. The normalized spacial score (nSPS) is 40.3. The molecule has 172 valence electrons. The molecular formula is C25H35NaO6. The van der Waals surface area contributed by atoms with Gasteiger partial charge in [0.1, 0.15) is 12.4 Å². The summed E-state index contributed by atoms with van der Waals surface area (Å²) in [5, 5.41) is 10.5. The molecule has 7 heteroatoms. The molecule has 0 N–H and O–H groups in total. The van der Waals surface area contributed by atoms with Crippen LogP contribution in [0, 0.1) is 40.4 Å². The molecule has 0 bridgehead atoms. The van der Waals surface area contributed by atoms with Gasteiger partial charge in [-0.25, -0.2) is 0 Å². The SMILES string of the molecule is C[C@]12CCC(=O)CC1CCC1C2CC[C@]2(C)C(C(=O)COC(=O)CCC(=O)[O-])CCC12.[Na+]. The number of carbonyl (C=O) groups excluding carboxylic acids is 4. The summed E-state index contributed by atoms with van der Waals surface area (Å²) in [5.41, 5.74) is 0.206. The van der Waals surface area contributed by atoms with Crippen LogP contribution in [0.25, 0.3) is 0 Å². The van der Waals surface area contributed by atoms with Crippen molar-refractivity contribution < 1.29 is 58.6 Å². The summed E-state index contributed by atoms with van der Waals surface area (Å²) in [4.78, 5) is 47.3. The zero-order valence-electron chi connectivity index (χ0n) is 19.8. The van der Waals surface area contributed by atoms with Gasteiger partial charge >= 0.3 is 35.5 Å². The Bertz CT molecular complexity index is 780. The van der Waals surface area contributed by atoms with E-state index < -0.39 is 11.9 Å². The van der Waals surface area contributed by atoms with Gasteiger partial charge in [0.25, 0.3) is 0 Å². The van der Waals surface area contributed by atoms with Crippen LogP contribution in [0.1, 0.15) is 84.5 Å². The maximum atomic E-state index is 13.0. The van der Waals surface area contributed by atoms with Crippen molar-refractivity contribution in [2.75, 3.05) is 6.61 Å². The Morgan fingerprint density at radius 1 is 0.969 bits per heavy atom. The fraction of sp³-hybridized carbons (Fsp3) is 0.840. The Kier molecular flexibility index (Phi) is 7.99. The zero-order valence-corrected chi connectivity index (χ0v) is 21.8. The van der Waals surface area contributed by atoms with Crippen LogP contribution in [0.15, 0.2) is 0 Å². The Morgan fingerprint density at radius 3 is 2.41 bits per heavy atom. The molecule has 4 saturated carbocycles. The second-order valence-corrected chi connectivity index (χ2v) is 11.1. The third-order valence-electron chi connectivity index (χ3n) is 9.78. The number of esters is 1. The van der Waals surface area contributed by atoms with E-state index in [1.165, 1.54) is 0 Å². The van der Waals surface area contributed by atoms with Crippen LogP contribution in [-0.4, -0.2) is 30.1 Å². The van der Waals surface area contributed by atoms with Gasteiger partial charge in [0.05, 0.1) is 6.42 Å². The standard InChI is InChI=1S/C25H36O6.Na/c1-24-11-9-16(26)13-15(24)3-4-17-18-5-6-20(25(18,2)12-10-19(17)24)21(27)14-31-23(30)8-7-22(28)29;/h15,17-20H,3-14H2,1-2H3,(H,28,29);/q;+1/p-1/t15?,17?,18?,19?,20?,24-,25-;/m0./s1. The number of ketones is 2. The fourth-order valence-electron chi connectivity index (χ4n) is 8.10. The predicted molar refractivity (Wildman–Crippen MR) is 110 cm³/mol. The quantitative estimate of drug-likeness (QED) is 0.409. The molecule has 5 unspecified atom stereocenters. The van der Waals surface area contributed by atoms with Crippen molar-refractivity contribution in [1.82, 2.24) is 0 Å². The summed E-state index contributed by atoms with van der Waals surface area (Å²) in [5.74, 6) is 0.686. The summed E-state index contributed by atoms with van der Waals surface area (Å²) >= 11 is 0. The summed E-state index contributed by atoms with van der Waals surface area (Å²) in [7, 11) is 0. The molecule has 6 nitrogen and oxygen atoms in total. The third kappa shape index (κ3) is 4.61. The van der Waals surface area contributed by atoms with Gasteiger partial charge < -0.3 is 14.6 Å². The van der Waals surface area contributed by atoms with Crippen molar-refractivity contribution in [2.45, 2.75) is 84.5 Å². The van der Waals surface area contributed by atoms with Gasteiger partial charge in [-0.3, -0.25) is 14.4 Å². The summed E-state index contributed by atoms with van der Waals surface area (Å²) in [6.45, 7) is 4.43. The zero-order chi connectivity index (χ0) is 22.4. The molecule has 0 aromatic heterocycles. The minimum Gasteiger partial charge on any atom is -0.550 e. The minimum absolute atomic E-state index is 0. The number of carboxylic acids is 1. The van der Waals surface area contributed by atoms with E-state index in [4.69, 9.17) is 4.74 Å². The number of carboxylic acid groups (broad SMARTS) is 1. The van der Waals surface area contributed by atoms with E-state index in [2.05, 4.69) is 13.8 Å². The number of Topliss-reactive ketones (excluding diaryl/α,β-unsaturated/α-hetero) is 2. The number of fused-ring (bicyclic) bond motifs is 5. The average Bonchev–Trinajstić information content (AvgIpc) is 3.08. The van der Waals surface area contributed by atoms with Crippen LogP contribution < -0.4 is 34.7 Å². The second kappa shape index (κ2) is 9.87. The second-order valence-electron chi connectivity index (χ2n) is 11.1. The van der Waals surface area contributed by atoms with Crippen molar-refractivity contribution in [2.24, 2.45) is 40.4 Å². The van der Waals surface area contributed by atoms with E-state index in [0.29, 0.717) is 29.5 Å². The van der Waals surface area contributed by atoms with Crippen molar-refractivity contribution in [3.8, 4) is 0 Å². The Labute approximate surface area is 212 Å². The first-order chi connectivity index (χ1) is 14.6. The summed E-state index contributed by atoms with van der Waals surface area (Å²) < 4.78 is 5.08. The Hall–Kier alpha value is -0.720. The van der Waals surface area contributed by atoms with E-state index in [0.717, 1.165) is 57.8 Å². The van der Waals surface area contributed by atoms with Crippen molar-refractivity contribution in [3.63, 3.8) is 0 Å². The molecule has 4 aliphatic rings. The maximum absolute atomic E-state index is 13.0. The summed E-state index contributed by atoms with van der Waals surface area (Å²) in [6.07, 6.45) is 8.18. The molecule has 4 fully saturated rings. The van der Waals surface area contributed by atoms with Crippen molar-refractivity contribution in [1.29, 1.82) is 0 Å². The smallest absolute Gasteiger partial charge is 0.550 e. The number of carbonyl (C=O) groups is 4. The van der Waals surface area contributed by atoms with Crippen LogP contribution in [0.3, 0.4) is 0 Å². The number of hydrogen-bond acceptors (Lipinski definition) is 6. The Balaban J connectivity index is 0.00000289.